The standard InChI is InChI=1S/C11H16N4O/c12-5-6-15-9-3-1-2-4-10(16)8(9)7-14-11(15)13/h7,13H,1-6,12H2/p+1. The number of Topliss-reactive ketones (excluding diaryl/α,β-unsaturated/α-hetero) is 1. The Balaban J connectivity index is 2.52. The highest BCUT2D eigenvalue weighted by atomic mass is 16.1. The maximum Gasteiger partial charge on any atom is 0.389 e. The van der Waals surface area contributed by atoms with Crippen LogP contribution in [0, 0.1) is 0 Å². The number of nitrogens with zero attached hydrogens (tertiary/aromatic N) is 2. The fraction of sp³-hybridized carbons (Fsp3) is 0.545. The lowest BCUT2D eigenvalue weighted by molar-refractivity contribution is -0.690. The molecule has 86 valence electrons. The third-order valence-electron chi connectivity index (χ3n) is 2.96. The average Bonchev–Trinajstić information content (AvgIpc) is 2.45. The smallest absolute Gasteiger partial charge is 0.328 e. The van der Waals surface area contributed by atoms with Crippen molar-refractivity contribution in [1.29, 1.82) is 0 Å². The van der Waals surface area contributed by atoms with Crippen LogP contribution >= 0.6 is 0 Å². The quantitative estimate of drug-likeness (QED) is 0.536. The lowest BCUT2D eigenvalue weighted by atomic mass is 10.1. The summed E-state index contributed by atoms with van der Waals surface area (Å²) in [6.07, 6.45) is 5.06. The molecule has 0 spiro atoms. The van der Waals surface area contributed by atoms with Gasteiger partial charge in [-0.25, -0.2) is 4.57 Å². The Morgan fingerprint density at radius 2 is 2.12 bits per heavy atom. The topological polar surface area (TPSA) is 85.9 Å². The van der Waals surface area contributed by atoms with E-state index in [0.29, 0.717) is 25.5 Å². The predicted octanol–water partition coefficient (Wildman–Crippen LogP) is -0.181. The summed E-state index contributed by atoms with van der Waals surface area (Å²) in [5.41, 5.74) is 13.1. The molecule has 0 saturated heterocycles. The van der Waals surface area contributed by atoms with E-state index in [4.69, 9.17) is 11.5 Å². The number of fused-ring (bicyclic) bond motifs is 1. The molecule has 0 atom stereocenters. The normalized spacial score (nSPS) is 15.7. The SMILES string of the molecule is NCC[n+]1c(N)ncc2c1CCCCC2=O. The lowest BCUT2D eigenvalue weighted by Gasteiger charge is -2.09. The van der Waals surface area contributed by atoms with Crippen LogP contribution < -0.4 is 16.0 Å². The second kappa shape index (κ2) is 4.57. The van der Waals surface area contributed by atoms with Gasteiger partial charge in [-0.05, 0) is 12.8 Å². The number of nitrogens with two attached hydrogens (primary N) is 2. The third-order valence-corrected chi connectivity index (χ3v) is 2.96. The van der Waals surface area contributed by atoms with E-state index in [1.54, 1.807) is 6.20 Å². The molecule has 0 saturated carbocycles. The van der Waals surface area contributed by atoms with Crippen LogP contribution in [0.15, 0.2) is 6.20 Å². The summed E-state index contributed by atoms with van der Waals surface area (Å²) < 4.78 is 1.87. The van der Waals surface area contributed by atoms with Gasteiger partial charge in [-0.15, -0.1) is 0 Å². The first kappa shape index (κ1) is 11.0. The highest BCUT2D eigenvalue weighted by molar-refractivity contribution is 5.96. The van der Waals surface area contributed by atoms with Crippen LogP contribution in [-0.4, -0.2) is 17.3 Å². The van der Waals surface area contributed by atoms with Gasteiger partial charge in [0.15, 0.2) is 5.78 Å². The molecule has 5 nitrogen and oxygen atoms in total. The summed E-state index contributed by atoms with van der Waals surface area (Å²) in [5.74, 6) is 0.615. The molecule has 5 heteroatoms. The van der Waals surface area contributed by atoms with E-state index in [9.17, 15) is 4.79 Å². The highest BCUT2D eigenvalue weighted by Gasteiger charge is 2.23. The molecule has 0 unspecified atom stereocenters. The fourth-order valence-corrected chi connectivity index (χ4v) is 2.15. The Labute approximate surface area is 94.5 Å². The number of rotatable bonds is 2. The molecule has 1 aliphatic carbocycles. The van der Waals surface area contributed by atoms with E-state index in [1.807, 2.05) is 4.57 Å². The maximum atomic E-state index is 11.8. The summed E-state index contributed by atoms with van der Waals surface area (Å²) in [5, 5.41) is 0. The van der Waals surface area contributed by atoms with E-state index in [1.165, 1.54) is 0 Å². The zero-order chi connectivity index (χ0) is 11.5. The van der Waals surface area contributed by atoms with Crippen molar-refractivity contribution >= 4 is 11.7 Å². The Morgan fingerprint density at radius 3 is 2.88 bits per heavy atom. The first-order valence-corrected chi connectivity index (χ1v) is 5.64. The van der Waals surface area contributed by atoms with Crippen molar-refractivity contribution in [1.82, 2.24) is 4.98 Å². The average molecular weight is 221 g/mol. The van der Waals surface area contributed by atoms with Crippen LogP contribution in [0.4, 0.5) is 5.95 Å². The van der Waals surface area contributed by atoms with Gasteiger partial charge in [0.1, 0.15) is 6.20 Å². The van der Waals surface area contributed by atoms with Gasteiger partial charge in [0.05, 0.1) is 17.8 Å². The van der Waals surface area contributed by atoms with Crippen molar-refractivity contribution in [3.8, 4) is 0 Å². The van der Waals surface area contributed by atoms with Crippen molar-refractivity contribution < 1.29 is 9.36 Å². The molecule has 1 aromatic heterocycles. The monoisotopic (exact) mass is 221 g/mol. The minimum atomic E-state index is 0.172. The van der Waals surface area contributed by atoms with Gasteiger partial charge >= 0.3 is 5.95 Å². The first-order chi connectivity index (χ1) is 7.74. The number of carbonyl (C=O) groups excluding carboxylic acids is 1. The van der Waals surface area contributed by atoms with Crippen molar-refractivity contribution in [2.75, 3.05) is 12.3 Å². The molecule has 0 amide bonds. The van der Waals surface area contributed by atoms with Gasteiger partial charge in [0.2, 0.25) is 0 Å². The minimum Gasteiger partial charge on any atom is -0.328 e. The molecular formula is C11H17N4O+. The summed E-state index contributed by atoms with van der Waals surface area (Å²) in [6.45, 7) is 1.12. The molecule has 0 aliphatic heterocycles. The Hall–Kier alpha value is -1.49. The van der Waals surface area contributed by atoms with E-state index >= 15 is 0 Å². The second-order valence-corrected chi connectivity index (χ2v) is 4.05. The van der Waals surface area contributed by atoms with E-state index < -0.39 is 0 Å². The van der Waals surface area contributed by atoms with Gasteiger partial charge in [-0.3, -0.25) is 10.5 Å². The van der Waals surface area contributed by atoms with Crippen molar-refractivity contribution in [2.24, 2.45) is 5.73 Å². The van der Waals surface area contributed by atoms with Gasteiger partial charge < -0.3 is 5.73 Å². The Bertz CT molecular complexity index is 417. The maximum absolute atomic E-state index is 11.8. The molecule has 0 fully saturated rings. The third kappa shape index (κ3) is 1.90. The number of hydrogen-bond donors (Lipinski definition) is 2. The number of nitrogen functional groups attached to an aromatic ring is 1. The summed E-state index contributed by atoms with van der Waals surface area (Å²) >= 11 is 0. The summed E-state index contributed by atoms with van der Waals surface area (Å²) in [7, 11) is 0. The zero-order valence-corrected chi connectivity index (χ0v) is 9.28. The molecule has 4 N–H and O–H groups in total. The predicted molar refractivity (Wildman–Crippen MR) is 59.8 cm³/mol. The van der Waals surface area contributed by atoms with Gasteiger partial charge in [0.25, 0.3) is 0 Å². The van der Waals surface area contributed by atoms with E-state index in [-0.39, 0.29) is 5.78 Å². The summed E-state index contributed by atoms with van der Waals surface area (Å²) in [6, 6.07) is 0. The number of hydrogen-bond acceptors (Lipinski definition) is 4. The van der Waals surface area contributed by atoms with Gasteiger partial charge in [0, 0.05) is 19.4 Å². The van der Waals surface area contributed by atoms with Crippen LogP contribution in [0.5, 0.6) is 0 Å². The van der Waals surface area contributed by atoms with Gasteiger partial charge in [-0.2, -0.15) is 0 Å². The molecule has 0 aromatic carbocycles. The molecule has 1 aliphatic rings. The lowest BCUT2D eigenvalue weighted by Crippen LogP contribution is -2.46. The fourth-order valence-electron chi connectivity index (χ4n) is 2.15. The van der Waals surface area contributed by atoms with E-state index in [2.05, 4.69) is 4.98 Å². The number of ketones is 1. The second-order valence-electron chi connectivity index (χ2n) is 4.05. The van der Waals surface area contributed by atoms with Gasteiger partial charge in [-0.1, -0.05) is 4.98 Å². The molecule has 1 heterocycles. The molecule has 0 radical (unpaired) electrons. The molecular weight excluding hydrogens is 204 g/mol. The zero-order valence-electron chi connectivity index (χ0n) is 9.28. The van der Waals surface area contributed by atoms with Crippen LogP contribution in [0.25, 0.3) is 0 Å². The van der Waals surface area contributed by atoms with Crippen LogP contribution in [0.2, 0.25) is 0 Å². The minimum absolute atomic E-state index is 0.172. The van der Waals surface area contributed by atoms with Crippen LogP contribution in [0.1, 0.15) is 35.3 Å². The summed E-state index contributed by atoms with van der Waals surface area (Å²) in [4.78, 5) is 15.9. The number of carbonyl (C=O) groups is 1. The van der Waals surface area contributed by atoms with Crippen LogP contribution in [-0.2, 0) is 13.0 Å². The molecule has 16 heavy (non-hydrogen) atoms. The van der Waals surface area contributed by atoms with E-state index in [0.717, 1.165) is 30.5 Å². The van der Waals surface area contributed by atoms with Crippen LogP contribution in [0.3, 0.4) is 0 Å². The highest BCUT2D eigenvalue weighted by Crippen LogP contribution is 2.17. The Kier molecular flexibility index (Phi) is 3.14. The largest absolute Gasteiger partial charge is 0.389 e. The molecule has 2 rings (SSSR count). The van der Waals surface area contributed by atoms with Crippen molar-refractivity contribution in [2.45, 2.75) is 32.2 Å². The number of aromatic nitrogens is 2. The number of anilines is 1. The molecule has 1 aromatic rings. The molecule has 0 bridgehead atoms. The van der Waals surface area contributed by atoms with Crippen molar-refractivity contribution in [3.63, 3.8) is 0 Å². The first-order valence-electron chi connectivity index (χ1n) is 5.64. The Morgan fingerprint density at radius 1 is 1.38 bits per heavy atom. The van der Waals surface area contributed by atoms with Crippen molar-refractivity contribution in [3.05, 3.63) is 17.5 Å².